The van der Waals surface area contributed by atoms with E-state index in [4.69, 9.17) is 0 Å². The molecule has 0 amide bonds. The molecule has 0 saturated heterocycles. The van der Waals surface area contributed by atoms with Crippen LogP contribution in [0, 0.1) is 34.9 Å². The Morgan fingerprint density at radius 3 is 1.29 bits per heavy atom. The summed E-state index contributed by atoms with van der Waals surface area (Å²) in [6, 6.07) is 8.04. The van der Waals surface area contributed by atoms with Crippen LogP contribution in [-0.2, 0) is 0 Å². The van der Waals surface area contributed by atoms with Crippen LogP contribution in [0.4, 0.5) is 37.7 Å². The molecule has 2 nitrogen and oxygen atoms in total. The van der Waals surface area contributed by atoms with Crippen LogP contribution in [0.3, 0.4) is 0 Å². The van der Waals surface area contributed by atoms with Crippen molar-refractivity contribution in [2.24, 2.45) is 0 Å². The number of rotatable bonds is 3. The fraction of sp³-hybridized carbons (Fsp3) is 0.182. The monoisotopic (exact) mass is 454 g/mol. The minimum atomic E-state index is -2.17. The Balaban J connectivity index is 2.43. The van der Waals surface area contributed by atoms with E-state index in [-0.39, 0.29) is 10.2 Å². The second-order valence-corrected chi connectivity index (χ2v) is 9.57. The van der Waals surface area contributed by atoms with E-state index in [9.17, 15) is 8.78 Å². The predicted octanol–water partition coefficient (Wildman–Crippen LogP) is 6.94. The SMILES string of the molecule is CN(C)c1c(F)c(F)c2c3c(F)c(F)c(N(C)C)c(F)c3p(-c3ccccc3)c2c1F. The standard InChI is InChI=1S/C22H17F6N2P/c1-29(2)19-15(25)13(23)11-12-14(24)16(26)20(30(3)4)18(28)22(12)31(21(11)17(19)27)10-8-6-5-7-9-10/h5-9H,1-4H3. The van der Waals surface area contributed by atoms with Gasteiger partial charge in [-0.05, 0) is 5.30 Å². The number of benzene rings is 3. The van der Waals surface area contributed by atoms with Gasteiger partial charge in [0, 0.05) is 49.2 Å². The van der Waals surface area contributed by atoms with Gasteiger partial charge in [-0.2, -0.15) is 0 Å². The van der Waals surface area contributed by atoms with Crippen molar-refractivity contribution in [2.75, 3.05) is 38.0 Å². The Kier molecular flexibility index (Phi) is 5.09. The van der Waals surface area contributed by atoms with Gasteiger partial charge < -0.3 is 9.80 Å². The maximum absolute atomic E-state index is 15.6. The number of hydrogen-bond donors (Lipinski definition) is 0. The lowest BCUT2D eigenvalue weighted by molar-refractivity contribution is 0.502. The number of fused-ring (bicyclic) bond motifs is 3. The van der Waals surface area contributed by atoms with Gasteiger partial charge in [-0.3, -0.25) is 0 Å². The first-order valence-corrected chi connectivity index (χ1v) is 10.5. The summed E-state index contributed by atoms with van der Waals surface area (Å²) in [7, 11) is 3.13. The zero-order valence-electron chi connectivity index (χ0n) is 17.0. The van der Waals surface area contributed by atoms with Crippen molar-refractivity contribution >= 4 is 39.9 Å². The maximum Gasteiger partial charge on any atom is 0.185 e. The van der Waals surface area contributed by atoms with E-state index in [0.717, 1.165) is 9.80 Å². The fourth-order valence-corrected chi connectivity index (χ4v) is 6.56. The third kappa shape index (κ3) is 2.88. The highest BCUT2D eigenvalue weighted by molar-refractivity contribution is 7.68. The summed E-state index contributed by atoms with van der Waals surface area (Å²) in [5, 5.41) is -1.89. The highest BCUT2D eigenvalue weighted by atomic mass is 31.1. The minimum absolute atomic E-state index is 0.369. The molecule has 9 heteroatoms. The molecule has 0 fully saturated rings. The lowest BCUT2D eigenvalue weighted by Crippen LogP contribution is -2.14. The lowest BCUT2D eigenvalue weighted by Gasteiger charge is -2.17. The van der Waals surface area contributed by atoms with Crippen LogP contribution in [0.5, 0.6) is 0 Å². The quantitative estimate of drug-likeness (QED) is 0.245. The van der Waals surface area contributed by atoms with Crippen molar-refractivity contribution in [1.29, 1.82) is 0 Å². The van der Waals surface area contributed by atoms with Crippen LogP contribution in [0.15, 0.2) is 30.3 Å². The number of hydrogen-bond acceptors (Lipinski definition) is 2. The molecule has 0 radical (unpaired) electrons. The second kappa shape index (κ2) is 7.38. The highest BCUT2D eigenvalue weighted by Gasteiger charge is 2.33. The predicted molar refractivity (Wildman–Crippen MR) is 114 cm³/mol. The van der Waals surface area contributed by atoms with Gasteiger partial charge in [-0.15, -0.1) is 0 Å². The van der Waals surface area contributed by atoms with Crippen molar-refractivity contribution in [3.63, 3.8) is 0 Å². The third-order valence-electron chi connectivity index (χ3n) is 5.15. The molecule has 1 aromatic heterocycles. The number of nitrogens with zero attached hydrogens (tertiary/aromatic N) is 2. The zero-order chi connectivity index (χ0) is 22.8. The van der Waals surface area contributed by atoms with Crippen molar-refractivity contribution in [2.45, 2.75) is 0 Å². The minimum Gasteiger partial charge on any atom is -0.373 e. The van der Waals surface area contributed by atoms with Crippen LogP contribution in [0.1, 0.15) is 0 Å². The van der Waals surface area contributed by atoms with Crippen LogP contribution in [0.25, 0.3) is 26.3 Å². The van der Waals surface area contributed by atoms with Gasteiger partial charge >= 0.3 is 0 Å². The molecular weight excluding hydrogens is 437 g/mol. The smallest absolute Gasteiger partial charge is 0.185 e. The third-order valence-corrected chi connectivity index (χ3v) is 7.70. The van der Waals surface area contributed by atoms with E-state index in [1.54, 1.807) is 30.3 Å². The molecule has 0 aliphatic heterocycles. The van der Waals surface area contributed by atoms with E-state index in [2.05, 4.69) is 0 Å². The molecule has 4 aromatic rings. The van der Waals surface area contributed by atoms with Crippen LogP contribution in [-0.4, -0.2) is 28.2 Å². The largest absolute Gasteiger partial charge is 0.373 e. The van der Waals surface area contributed by atoms with E-state index in [1.165, 1.54) is 28.2 Å². The van der Waals surface area contributed by atoms with Gasteiger partial charge in [0.25, 0.3) is 0 Å². The van der Waals surface area contributed by atoms with Gasteiger partial charge in [0.15, 0.2) is 34.9 Å². The van der Waals surface area contributed by atoms with Crippen molar-refractivity contribution in [3.05, 3.63) is 65.2 Å². The van der Waals surface area contributed by atoms with Crippen LogP contribution in [0.2, 0.25) is 0 Å². The van der Waals surface area contributed by atoms with Gasteiger partial charge in [0.1, 0.15) is 11.4 Å². The molecule has 0 spiro atoms. The Morgan fingerprint density at radius 2 is 0.935 bits per heavy atom. The maximum atomic E-state index is 15.6. The summed E-state index contributed by atoms with van der Waals surface area (Å²) < 4.78 is 91.1. The van der Waals surface area contributed by atoms with Crippen molar-refractivity contribution < 1.29 is 26.3 Å². The van der Waals surface area contributed by atoms with Gasteiger partial charge in [-0.25, -0.2) is 26.3 Å². The molecule has 0 unspecified atom stereocenters. The first kappa shape index (κ1) is 21.4. The molecule has 1 heterocycles. The first-order chi connectivity index (χ1) is 14.6. The average molecular weight is 454 g/mol. The molecule has 0 bridgehead atoms. The van der Waals surface area contributed by atoms with E-state index >= 15 is 17.6 Å². The molecular formula is C22H17F6N2P. The summed E-state index contributed by atoms with van der Waals surface area (Å²) in [6.07, 6.45) is 0. The van der Waals surface area contributed by atoms with Gasteiger partial charge in [0.2, 0.25) is 0 Å². The van der Waals surface area contributed by atoms with E-state index < -0.39 is 64.6 Å². The zero-order valence-corrected chi connectivity index (χ0v) is 17.9. The molecule has 0 N–H and O–H groups in total. The van der Waals surface area contributed by atoms with Gasteiger partial charge in [-0.1, -0.05) is 37.9 Å². The summed E-state index contributed by atoms with van der Waals surface area (Å²) in [5.41, 5.74) is -1.33. The summed E-state index contributed by atoms with van der Waals surface area (Å²) in [4.78, 5) is 2.10. The Bertz CT molecular complexity index is 1260. The normalized spacial score (nSPS) is 11.5. The molecule has 0 saturated carbocycles. The van der Waals surface area contributed by atoms with Crippen molar-refractivity contribution in [1.82, 2.24) is 0 Å². The summed E-state index contributed by atoms with van der Waals surface area (Å²) in [6.45, 7) is 0. The first-order valence-electron chi connectivity index (χ1n) is 9.20. The topological polar surface area (TPSA) is 6.48 Å². The van der Waals surface area contributed by atoms with Crippen LogP contribution < -0.4 is 9.80 Å². The number of anilines is 2. The van der Waals surface area contributed by atoms with Gasteiger partial charge in [0.05, 0.1) is 0 Å². The fourth-order valence-electron chi connectivity index (χ4n) is 3.88. The molecule has 3 aromatic carbocycles. The summed E-state index contributed by atoms with van der Waals surface area (Å²) >= 11 is 0. The van der Waals surface area contributed by atoms with Crippen molar-refractivity contribution in [3.8, 4) is 5.30 Å². The van der Waals surface area contributed by atoms with Crippen LogP contribution >= 0.6 is 7.53 Å². The molecule has 0 aliphatic rings. The van der Waals surface area contributed by atoms with E-state index in [1.807, 2.05) is 0 Å². The second-order valence-electron chi connectivity index (χ2n) is 7.49. The van der Waals surface area contributed by atoms with E-state index in [0.29, 0.717) is 5.30 Å². The lowest BCUT2D eigenvalue weighted by atomic mass is 10.1. The Hall–Kier alpha value is -2.86. The molecule has 0 atom stereocenters. The number of halogens is 6. The highest BCUT2D eigenvalue weighted by Crippen LogP contribution is 2.60. The Labute approximate surface area is 175 Å². The summed E-state index contributed by atoms with van der Waals surface area (Å²) in [5.74, 6) is -8.44. The molecule has 4 rings (SSSR count). The molecule has 31 heavy (non-hydrogen) atoms. The molecule has 162 valence electrons. The average Bonchev–Trinajstić information content (AvgIpc) is 3.08. The molecule has 0 aliphatic carbocycles. The Morgan fingerprint density at radius 1 is 0.548 bits per heavy atom.